The summed E-state index contributed by atoms with van der Waals surface area (Å²) < 4.78 is 6.70. The van der Waals surface area contributed by atoms with Crippen molar-refractivity contribution >= 4 is 5.97 Å². The van der Waals surface area contributed by atoms with Crippen LogP contribution in [0.25, 0.3) is 0 Å². The third-order valence-electron chi connectivity index (χ3n) is 2.47. The molecule has 1 aromatic heterocycles. The van der Waals surface area contributed by atoms with E-state index in [0.717, 1.165) is 5.82 Å². The molecule has 1 fully saturated rings. The summed E-state index contributed by atoms with van der Waals surface area (Å²) in [5, 5.41) is 3.00. The predicted octanol–water partition coefficient (Wildman–Crippen LogP) is 0.481. The van der Waals surface area contributed by atoms with Gasteiger partial charge in [0.05, 0.1) is 20.2 Å². The van der Waals surface area contributed by atoms with Gasteiger partial charge in [0.1, 0.15) is 5.82 Å². The number of hydrogen-bond donors (Lipinski definition) is 1. The van der Waals surface area contributed by atoms with Crippen molar-refractivity contribution in [2.24, 2.45) is 0 Å². The monoisotopic (exact) mass is 209 g/mol. The summed E-state index contributed by atoms with van der Waals surface area (Å²) in [6, 6.07) is 0.627. The maximum Gasteiger partial charge on any atom is 0.319 e. The third kappa shape index (κ3) is 2.56. The number of aromatic nitrogens is 2. The van der Waals surface area contributed by atoms with E-state index in [1.54, 1.807) is 6.20 Å². The molecule has 1 heterocycles. The number of ether oxygens (including phenoxy) is 1. The normalized spacial score (nSPS) is 15.3. The van der Waals surface area contributed by atoms with E-state index >= 15 is 0 Å². The van der Waals surface area contributed by atoms with Gasteiger partial charge in [-0.05, 0) is 12.8 Å². The van der Waals surface area contributed by atoms with Crippen LogP contribution in [0.15, 0.2) is 12.4 Å². The van der Waals surface area contributed by atoms with Gasteiger partial charge in [-0.3, -0.25) is 10.1 Å². The Labute approximate surface area is 88.4 Å². The number of imidazole rings is 1. The molecule has 0 bridgehead atoms. The van der Waals surface area contributed by atoms with Gasteiger partial charge in [-0.15, -0.1) is 0 Å². The lowest BCUT2D eigenvalue weighted by Crippen LogP contribution is -2.24. The van der Waals surface area contributed by atoms with E-state index in [2.05, 4.69) is 19.6 Å². The number of nitrogens with one attached hydrogen (secondary N) is 1. The SMILES string of the molecule is COC(=O)CNCc1nccn1C1CC1. The molecule has 0 unspecified atom stereocenters. The fraction of sp³-hybridized carbons (Fsp3) is 0.600. The van der Waals surface area contributed by atoms with Gasteiger partial charge in [0.2, 0.25) is 0 Å². The van der Waals surface area contributed by atoms with Crippen LogP contribution in [0.3, 0.4) is 0 Å². The fourth-order valence-corrected chi connectivity index (χ4v) is 1.51. The van der Waals surface area contributed by atoms with E-state index in [1.807, 2.05) is 6.20 Å². The van der Waals surface area contributed by atoms with Crippen molar-refractivity contribution in [2.45, 2.75) is 25.4 Å². The van der Waals surface area contributed by atoms with Gasteiger partial charge in [0.15, 0.2) is 0 Å². The maximum atomic E-state index is 10.9. The first kappa shape index (κ1) is 10.2. The van der Waals surface area contributed by atoms with Crippen molar-refractivity contribution in [3.05, 3.63) is 18.2 Å². The average molecular weight is 209 g/mol. The van der Waals surface area contributed by atoms with Gasteiger partial charge in [-0.2, -0.15) is 0 Å². The molecule has 1 N–H and O–H groups in total. The van der Waals surface area contributed by atoms with E-state index in [1.165, 1.54) is 20.0 Å². The van der Waals surface area contributed by atoms with E-state index in [0.29, 0.717) is 12.6 Å². The van der Waals surface area contributed by atoms with Crippen LogP contribution in [-0.2, 0) is 16.1 Å². The molecular weight excluding hydrogens is 194 g/mol. The molecule has 0 amide bonds. The van der Waals surface area contributed by atoms with Crippen LogP contribution in [0.5, 0.6) is 0 Å². The number of hydrogen-bond acceptors (Lipinski definition) is 4. The zero-order chi connectivity index (χ0) is 10.7. The van der Waals surface area contributed by atoms with Gasteiger partial charge in [0, 0.05) is 18.4 Å². The lowest BCUT2D eigenvalue weighted by atomic mass is 10.5. The number of methoxy groups -OCH3 is 1. The van der Waals surface area contributed by atoms with Crippen LogP contribution in [0.1, 0.15) is 24.7 Å². The van der Waals surface area contributed by atoms with Crippen molar-refractivity contribution in [3.63, 3.8) is 0 Å². The highest BCUT2D eigenvalue weighted by atomic mass is 16.5. The van der Waals surface area contributed by atoms with Crippen LogP contribution in [0.4, 0.5) is 0 Å². The summed E-state index contributed by atoms with van der Waals surface area (Å²) in [5.74, 6) is 0.737. The molecule has 0 saturated heterocycles. The van der Waals surface area contributed by atoms with Crippen molar-refractivity contribution < 1.29 is 9.53 Å². The van der Waals surface area contributed by atoms with Gasteiger partial charge in [-0.25, -0.2) is 4.98 Å². The van der Waals surface area contributed by atoms with Gasteiger partial charge >= 0.3 is 5.97 Å². The maximum absolute atomic E-state index is 10.9. The number of esters is 1. The largest absolute Gasteiger partial charge is 0.468 e. The first-order valence-electron chi connectivity index (χ1n) is 5.10. The summed E-state index contributed by atoms with van der Waals surface area (Å²) in [6.07, 6.45) is 6.26. The first-order chi connectivity index (χ1) is 7.31. The Morgan fingerprint density at radius 2 is 2.53 bits per heavy atom. The summed E-state index contributed by atoms with van der Waals surface area (Å²) in [7, 11) is 1.38. The molecule has 5 nitrogen and oxygen atoms in total. The van der Waals surface area contributed by atoms with E-state index in [9.17, 15) is 4.79 Å². The highest BCUT2D eigenvalue weighted by molar-refractivity contribution is 5.71. The molecule has 82 valence electrons. The van der Waals surface area contributed by atoms with Crippen LogP contribution in [-0.4, -0.2) is 29.2 Å². The summed E-state index contributed by atoms with van der Waals surface area (Å²) in [6.45, 7) is 0.840. The Kier molecular flexibility index (Phi) is 3.01. The molecule has 0 aromatic carbocycles. The molecule has 1 saturated carbocycles. The molecule has 0 atom stereocenters. The standard InChI is InChI=1S/C10H15N3O2/c1-15-10(14)7-11-6-9-12-4-5-13(9)8-2-3-8/h4-5,8,11H,2-3,6-7H2,1H3. The lowest BCUT2D eigenvalue weighted by molar-refractivity contribution is -0.139. The molecule has 0 aliphatic heterocycles. The minimum Gasteiger partial charge on any atom is -0.468 e. The Balaban J connectivity index is 1.82. The van der Waals surface area contributed by atoms with Crippen LogP contribution in [0.2, 0.25) is 0 Å². The Morgan fingerprint density at radius 3 is 3.20 bits per heavy atom. The van der Waals surface area contributed by atoms with E-state index < -0.39 is 0 Å². The Bertz CT molecular complexity index is 344. The lowest BCUT2D eigenvalue weighted by Gasteiger charge is -2.06. The smallest absolute Gasteiger partial charge is 0.319 e. The van der Waals surface area contributed by atoms with Crippen molar-refractivity contribution in [2.75, 3.05) is 13.7 Å². The predicted molar refractivity (Wildman–Crippen MR) is 54.2 cm³/mol. The molecule has 15 heavy (non-hydrogen) atoms. The summed E-state index contributed by atoms with van der Waals surface area (Å²) in [4.78, 5) is 15.1. The van der Waals surface area contributed by atoms with E-state index in [4.69, 9.17) is 0 Å². The molecule has 1 aliphatic carbocycles. The number of carbonyl (C=O) groups is 1. The minimum absolute atomic E-state index is 0.230. The van der Waals surface area contributed by atoms with Gasteiger partial charge < -0.3 is 9.30 Å². The van der Waals surface area contributed by atoms with Crippen LogP contribution >= 0.6 is 0 Å². The van der Waals surface area contributed by atoms with Crippen molar-refractivity contribution in [1.29, 1.82) is 0 Å². The third-order valence-corrected chi connectivity index (χ3v) is 2.47. The summed E-state index contributed by atoms with van der Waals surface area (Å²) in [5.41, 5.74) is 0. The first-order valence-corrected chi connectivity index (χ1v) is 5.10. The zero-order valence-corrected chi connectivity index (χ0v) is 8.77. The quantitative estimate of drug-likeness (QED) is 0.717. The summed E-state index contributed by atoms with van der Waals surface area (Å²) >= 11 is 0. The van der Waals surface area contributed by atoms with Crippen molar-refractivity contribution in [3.8, 4) is 0 Å². The van der Waals surface area contributed by atoms with Crippen LogP contribution < -0.4 is 5.32 Å². The highest BCUT2D eigenvalue weighted by Crippen LogP contribution is 2.35. The zero-order valence-electron chi connectivity index (χ0n) is 8.77. The molecule has 2 rings (SSSR count). The second-order valence-corrected chi connectivity index (χ2v) is 3.66. The second kappa shape index (κ2) is 4.44. The van der Waals surface area contributed by atoms with Crippen molar-refractivity contribution in [1.82, 2.24) is 14.9 Å². The van der Waals surface area contributed by atoms with Crippen LogP contribution in [0, 0.1) is 0 Å². The average Bonchev–Trinajstić information content (AvgIpc) is 2.99. The number of nitrogens with zero attached hydrogens (tertiary/aromatic N) is 2. The number of carbonyl (C=O) groups excluding carboxylic acids is 1. The molecule has 1 aromatic rings. The highest BCUT2D eigenvalue weighted by Gasteiger charge is 2.25. The van der Waals surface area contributed by atoms with Gasteiger partial charge in [-0.1, -0.05) is 0 Å². The fourth-order valence-electron chi connectivity index (χ4n) is 1.51. The second-order valence-electron chi connectivity index (χ2n) is 3.66. The molecule has 5 heteroatoms. The molecule has 1 aliphatic rings. The molecule has 0 radical (unpaired) electrons. The number of rotatable bonds is 5. The van der Waals surface area contributed by atoms with E-state index in [-0.39, 0.29) is 12.5 Å². The molecule has 0 spiro atoms. The topological polar surface area (TPSA) is 56.1 Å². The van der Waals surface area contributed by atoms with Gasteiger partial charge in [0.25, 0.3) is 0 Å². The minimum atomic E-state index is -0.250. The Morgan fingerprint density at radius 1 is 1.73 bits per heavy atom. The Hall–Kier alpha value is -1.36. The molecular formula is C10H15N3O2.